The lowest BCUT2D eigenvalue weighted by molar-refractivity contribution is 0.102. The number of hydrogen-bond donors (Lipinski definition) is 0. The molecule has 17 heavy (non-hydrogen) atoms. The summed E-state index contributed by atoms with van der Waals surface area (Å²) in [4.78, 5) is 12.2. The lowest BCUT2D eigenvalue weighted by atomic mass is 9.97. The average molecular weight is 250 g/mol. The molecule has 0 saturated carbocycles. The monoisotopic (exact) mass is 250 g/mol. The number of benzene rings is 1. The van der Waals surface area contributed by atoms with Gasteiger partial charge in [-0.3, -0.25) is 4.79 Å². The van der Waals surface area contributed by atoms with Gasteiger partial charge >= 0.3 is 0 Å². The van der Waals surface area contributed by atoms with Crippen LogP contribution in [0.5, 0.6) is 0 Å². The number of aryl methyl sites for hydroxylation is 3. The quantitative estimate of drug-likeness (QED) is 0.729. The van der Waals surface area contributed by atoms with E-state index in [2.05, 4.69) is 32.9 Å². The van der Waals surface area contributed by atoms with Gasteiger partial charge in [-0.25, -0.2) is 0 Å². The van der Waals surface area contributed by atoms with E-state index in [0.717, 1.165) is 22.4 Å². The maximum Gasteiger partial charge on any atom is 0.173 e. The Bertz CT molecular complexity index is 384. The molecule has 1 rings (SSSR count). The highest BCUT2D eigenvalue weighted by atomic mass is 32.2. The number of carbonyl (C=O) groups excluding carboxylic acids is 1. The largest absolute Gasteiger partial charge is 0.293 e. The molecule has 1 aromatic rings. The summed E-state index contributed by atoms with van der Waals surface area (Å²) in [6, 6.07) is 4.18. The van der Waals surface area contributed by atoms with Crippen molar-refractivity contribution in [3.05, 3.63) is 34.4 Å². The molecule has 1 nitrogen and oxygen atoms in total. The second kappa shape index (κ2) is 6.25. The summed E-state index contributed by atoms with van der Waals surface area (Å²) >= 11 is 1.74. The smallest absolute Gasteiger partial charge is 0.173 e. The summed E-state index contributed by atoms with van der Waals surface area (Å²) in [5.41, 5.74) is 4.37. The molecule has 2 heteroatoms. The molecule has 0 unspecified atom stereocenters. The summed E-state index contributed by atoms with van der Waals surface area (Å²) in [5, 5.41) is 0. The topological polar surface area (TPSA) is 17.1 Å². The van der Waals surface area contributed by atoms with Gasteiger partial charge in [0.05, 0.1) is 5.75 Å². The zero-order chi connectivity index (χ0) is 13.0. The lowest BCUT2D eigenvalue weighted by Crippen LogP contribution is -2.09. The van der Waals surface area contributed by atoms with E-state index >= 15 is 0 Å². The normalized spacial score (nSPS) is 10.9. The van der Waals surface area contributed by atoms with Crippen molar-refractivity contribution in [2.45, 2.75) is 34.6 Å². The fourth-order valence-electron chi connectivity index (χ4n) is 2.08. The first-order valence-electron chi connectivity index (χ1n) is 6.10. The molecular formula is C15H22OS. The van der Waals surface area contributed by atoms with Crippen LogP contribution in [0, 0.1) is 26.7 Å². The van der Waals surface area contributed by atoms with Crippen molar-refractivity contribution in [3.63, 3.8) is 0 Å². The van der Waals surface area contributed by atoms with E-state index in [9.17, 15) is 4.79 Å². The van der Waals surface area contributed by atoms with E-state index in [4.69, 9.17) is 0 Å². The highest BCUT2D eigenvalue weighted by molar-refractivity contribution is 7.99. The van der Waals surface area contributed by atoms with Crippen LogP contribution in [0.3, 0.4) is 0 Å². The number of thioether (sulfide) groups is 1. The SMILES string of the molecule is Cc1cc(C)c(C(=O)CSCC(C)C)c(C)c1. The maximum atomic E-state index is 12.2. The van der Waals surface area contributed by atoms with Crippen LogP contribution in [-0.4, -0.2) is 17.3 Å². The van der Waals surface area contributed by atoms with E-state index < -0.39 is 0 Å². The van der Waals surface area contributed by atoms with Crippen molar-refractivity contribution >= 4 is 17.5 Å². The number of hydrogen-bond acceptors (Lipinski definition) is 2. The van der Waals surface area contributed by atoms with Crippen LogP contribution in [-0.2, 0) is 0 Å². The third-order valence-corrected chi connectivity index (χ3v) is 4.01. The van der Waals surface area contributed by atoms with E-state index in [1.807, 2.05) is 13.8 Å². The molecule has 0 aliphatic carbocycles. The Morgan fingerprint density at radius 1 is 1.18 bits per heavy atom. The molecule has 0 bridgehead atoms. The van der Waals surface area contributed by atoms with Crippen LogP contribution in [0.1, 0.15) is 40.9 Å². The van der Waals surface area contributed by atoms with Crippen LogP contribution in [0.25, 0.3) is 0 Å². The zero-order valence-electron chi connectivity index (χ0n) is 11.5. The molecule has 0 atom stereocenters. The molecule has 0 heterocycles. The van der Waals surface area contributed by atoms with Crippen LogP contribution in [0.4, 0.5) is 0 Å². The summed E-state index contributed by atoms with van der Waals surface area (Å²) in [5.74, 6) is 2.57. The van der Waals surface area contributed by atoms with Gasteiger partial charge in [-0.15, -0.1) is 0 Å². The van der Waals surface area contributed by atoms with Crippen LogP contribution in [0.15, 0.2) is 12.1 Å². The minimum Gasteiger partial charge on any atom is -0.293 e. The Morgan fingerprint density at radius 2 is 1.71 bits per heavy atom. The third-order valence-electron chi connectivity index (χ3n) is 2.64. The predicted octanol–water partition coefficient (Wildman–Crippen LogP) is 4.18. The van der Waals surface area contributed by atoms with Crippen LogP contribution in [0.2, 0.25) is 0 Å². The number of rotatable bonds is 5. The molecule has 0 aliphatic heterocycles. The highest BCUT2D eigenvalue weighted by Crippen LogP contribution is 2.19. The molecule has 0 aliphatic rings. The number of Topliss-reactive ketones (excluding diaryl/α,β-unsaturated/α-hetero) is 1. The van der Waals surface area contributed by atoms with Gasteiger partial charge in [0.15, 0.2) is 5.78 Å². The molecule has 0 aromatic heterocycles. The van der Waals surface area contributed by atoms with Crippen molar-refractivity contribution in [1.29, 1.82) is 0 Å². The Kier molecular flexibility index (Phi) is 5.26. The van der Waals surface area contributed by atoms with E-state index in [0.29, 0.717) is 11.7 Å². The van der Waals surface area contributed by atoms with Gasteiger partial charge in [0, 0.05) is 5.56 Å². The molecule has 1 aromatic carbocycles. The van der Waals surface area contributed by atoms with Gasteiger partial charge in [0.1, 0.15) is 0 Å². The molecule has 0 N–H and O–H groups in total. The molecule has 0 amide bonds. The predicted molar refractivity (Wildman–Crippen MR) is 77.1 cm³/mol. The van der Waals surface area contributed by atoms with E-state index in [1.54, 1.807) is 11.8 Å². The van der Waals surface area contributed by atoms with Crippen molar-refractivity contribution in [2.24, 2.45) is 5.92 Å². The zero-order valence-corrected chi connectivity index (χ0v) is 12.3. The highest BCUT2D eigenvalue weighted by Gasteiger charge is 2.12. The van der Waals surface area contributed by atoms with Crippen molar-refractivity contribution < 1.29 is 4.79 Å². The van der Waals surface area contributed by atoms with E-state index in [-0.39, 0.29) is 5.78 Å². The summed E-state index contributed by atoms with van der Waals surface area (Å²) in [6.07, 6.45) is 0. The first-order chi connectivity index (χ1) is 7.91. The van der Waals surface area contributed by atoms with Gasteiger partial charge in [0.2, 0.25) is 0 Å². The second-order valence-electron chi connectivity index (χ2n) is 5.11. The fraction of sp³-hybridized carbons (Fsp3) is 0.533. The van der Waals surface area contributed by atoms with Gasteiger partial charge in [-0.2, -0.15) is 11.8 Å². The third kappa shape index (κ3) is 4.19. The fourth-order valence-corrected chi connectivity index (χ4v) is 3.00. The summed E-state index contributed by atoms with van der Waals surface area (Å²) in [7, 11) is 0. The van der Waals surface area contributed by atoms with Crippen molar-refractivity contribution in [1.82, 2.24) is 0 Å². The van der Waals surface area contributed by atoms with Gasteiger partial charge in [-0.1, -0.05) is 31.5 Å². The second-order valence-corrected chi connectivity index (χ2v) is 6.14. The minimum atomic E-state index is 0.269. The minimum absolute atomic E-state index is 0.269. The van der Waals surface area contributed by atoms with Crippen molar-refractivity contribution in [2.75, 3.05) is 11.5 Å². The summed E-state index contributed by atoms with van der Waals surface area (Å²) in [6.45, 7) is 10.5. The Hall–Kier alpha value is -0.760. The van der Waals surface area contributed by atoms with Crippen molar-refractivity contribution in [3.8, 4) is 0 Å². The molecule has 94 valence electrons. The number of ketones is 1. The first-order valence-corrected chi connectivity index (χ1v) is 7.26. The lowest BCUT2D eigenvalue weighted by Gasteiger charge is -2.10. The first kappa shape index (κ1) is 14.3. The van der Waals surface area contributed by atoms with Gasteiger partial charge in [0.25, 0.3) is 0 Å². The molecule has 0 saturated heterocycles. The van der Waals surface area contributed by atoms with Gasteiger partial charge in [-0.05, 0) is 43.6 Å². The Morgan fingerprint density at radius 3 is 2.18 bits per heavy atom. The Labute approximate surface area is 109 Å². The Balaban J connectivity index is 2.76. The maximum absolute atomic E-state index is 12.2. The molecular weight excluding hydrogens is 228 g/mol. The molecule has 0 fully saturated rings. The molecule has 0 radical (unpaired) electrons. The van der Waals surface area contributed by atoms with E-state index in [1.165, 1.54) is 5.56 Å². The van der Waals surface area contributed by atoms with Gasteiger partial charge < -0.3 is 0 Å². The summed E-state index contributed by atoms with van der Waals surface area (Å²) < 4.78 is 0. The van der Waals surface area contributed by atoms with Crippen LogP contribution < -0.4 is 0 Å². The van der Waals surface area contributed by atoms with Crippen LogP contribution >= 0.6 is 11.8 Å². The molecule has 0 spiro atoms. The average Bonchev–Trinajstić information content (AvgIpc) is 2.14. The standard InChI is InChI=1S/C15H22OS/c1-10(2)8-17-9-14(16)15-12(4)6-11(3)7-13(15)5/h6-7,10H,8-9H2,1-5H3. The number of carbonyl (C=O) groups is 1.